The monoisotopic (exact) mass is 461 g/mol. The molecule has 0 bridgehead atoms. The van der Waals surface area contributed by atoms with E-state index in [9.17, 15) is 19.2 Å². The summed E-state index contributed by atoms with van der Waals surface area (Å²) in [5.74, 6) is -0.451. The number of aromatic nitrogens is 1. The van der Waals surface area contributed by atoms with Gasteiger partial charge in [0, 0.05) is 25.2 Å². The number of pyridine rings is 1. The molecule has 32 heavy (non-hydrogen) atoms. The van der Waals surface area contributed by atoms with Crippen LogP contribution in [0.1, 0.15) is 45.4 Å². The first-order valence-electron chi connectivity index (χ1n) is 11.1. The largest absolute Gasteiger partial charge is 0.341 e. The highest BCUT2D eigenvalue weighted by molar-refractivity contribution is 6.30. The number of anilines is 1. The standard InChI is InChI=1S/C22H28ClN5O4/c1-14-4-2-3-9-22(14)20(31)28(21(32)26-22)13-18(29)27-10-7-15(8-11-27)19(30)25-17-6-5-16(23)12-24-17/h5-6,12,14-15H,2-4,7-11,13H2,1H3,(H,26,32)(H,24,25,30). The molecular formula is C22H28ClN5O4. The first kappa shape index (κ1) is 22.5. The molecule has 1 aromatic rings. The number of carbonyl (C=O) groups is 4. The Morgan fingerprint density at radius 1 is 1.22 bits per heavy atom. The number of rotatable bonds is 4. The van der Waals surface area contributed by atoms with Crippen LogP contribution in [-0.2, 0) is 14.4 Å². The number of carbonyl (C=O) groups excluding carboxylic acids is 4. The fourth-order valence-corrected chi connectivity index (χ4v) is 5.06. The van der Waals surface area contributed by atoms with Crippen LogP contribution < -0.4 is 10.6 Å². The van der Waals surface area contributed by atoms with Gasteiger partial charge in [-0.1, -0.05) is 31.4 Å². The summed E-state index contributed by atoms with van der Waals surface area (Å²) < 4.78 is 0. The summed E-state index contributed by atoms with van der Waals surface area (Å²) >= 11 is 5.81. The van der Waals surface area contributed by atoms with Crippen LogP contribution in [0.3, 0.4) is 0 Å². The van der Waals surface area contributed by atoms with Gasteiger partial charge in [-0.3, -0.25) is 19.3 Å². The van der Waals surface area contributed by atoms with Gasteiger partial charge in [0.25, 0.3) is 5.91 Å². The van der Waals surface area contributed by atoms with E-state index in [0.29, 0.717) is 43.2 Å². The van der Waals surface area contributed by atoms with Crippen LogP contribution in [0.15, 0.2) is 18.3 Å². The number of imide groups is 1. The lowest BCUT2D eigenvalue weighted by molar-refractivity contribution is -0.141. The van der Waals surface area contributed by atoms with Crippen LogP contribution in [0, 0.1) is 11.8 Å². The lowest BCUT2D eigenvalue weighted by atomic mass is 9.73. The van der Waals surface area contributed by atoms with Gasteiger partial charge in [-0.2, -0.15) is 0 Å². The average molecular weight is 462 g/mol. The SMILES string of the molecule is CC1CCCCC12NC(=O)N(CC(=O)N1CCC(C(=O)Nc3ccc(Cl)cn3)CC1)C2=O. The van der Waals surface area contributed by atoms with Gasteiger partial charge in [0.05, 0.1) is 5.02 Å². The molecule has 4 rings (SSSR count). The van der Waals surface area contributed by atoms with Crippen LogP contribution in [0.25, 0.3) is 0 Å². The number of likely N-dealkylation sites (tertiary alicyclic amines) is 1. The predicted molar refractivity (Wildman–Crippen MR) is 118 cm³/mol. The summed E-state index contributed by atoms with van der Waals surface area (Å²) in [5.41, 5.74) is -0.865. The summed E-state index contributed by atoms with van der Waals surface area (Å²) in [7, 11) is 0. The molecule has 2 unspecified atom stereocenters. The van der Waals surface area contributed by atoms with Crippen molar-refractivity contribution in [3.05, 3.63) is 23.4 Å². The Morgan fingerprint density at radius 3 is 2.62 bits per heavy atom. The molecule has 172 valence electrons. The molecule has 2 atom stereocenters. The van der Waals surface area contributed by atoms with Crippen molar-refractivity contribution in [2.45, 2.75) is 51.0 Å². The van der Waals surface area contributed by atoms with Crippen molar-refractivity contribution in [2.24, 2.45) is 11.8 Å². The minimum absolute atomic E-state index is 0.0530. The summed E-state index contributed by atoms with van der Waals surface area (Å²) in [5, 5.41) is 6.14. The number of nitrogens with one attached hydrogen (secondary N) is 2. The highest BCUT2D eigenvalue weighted by Crippen LogP contribution is 2.38. The first-order valence-corrected chi connectivity index (χ1v) is 11.5. The molecule has 3 heterocycles. The second-order valence-electron chi connectivity index (χ2n) is 8.95. The molecule has 5 amide bonds. The number of amides is 5. The Balaban J connectivity index is 1.30. The van der Waals surface area contributed by atoms with E-state index in [0.717, 1.165) is 24.2 Å². The average Bonchev–Trinajstić information content (AvgIpc) is 3.02. The van der Waals surface area contributed by atoms with E-state index in [1.165, 1.54) is 6.20 Å². The maximum Gasteiger partial charge on any atom is 0.325 e. The zero-order valence-electron chi connectivity index (χ0n) is 18.1. The zero-order valence-corrected chi connectivity index (χ0v) is 18.9. The van der Waals surface area contributed by atoms with E-state index in [-0.39, 0.29) is 36.1 Å². The molecule has 1 aliphatic carbocycles. The normalized spacial score (nSPS) is 26.4. The first-order chi connectivity index (χ1) is 15.3. The van der Waals surface area contributed by atoms with Crippen LogP contribution in [-0.4, -0.2) is 63.7 Å². The van der Waals surface area contributed by atoms with Gasteiger partial charge in [0.15, 0.2) is 0 Å². The van der Waals surface area contributed by atoms with E-state index in [1.54, 1.807) is 17.0 Å². The zero-order chi connectivity index (χ0) is 22.9. The molecule has 0 aromatic carbocycles. The number of hydrogen-bond acceptors (Lipinski definition) is 5. The van der Waals surface area contributed by atoms with E-state index in [4.69, 9.17) is 11.6 Å². The highest BCUT2D eigenvalue weighted by atomic mass is 35.5. The molecule has 1 spiro atoms. The highest BCUT2D eigenvalue weighted by Gasteiger charge is 2.55. The Morgan fingerprint density at radius 2 is 1.97 bits per heavy atom. The number of halogens is 1. The van der Waals surface area contributed by atoms with Crippen LogP contribution in [0.5, 0.6) is 0 Å². The maximum absolute atomic E-state index is 13.1. The van der Waals surface area contributed by atoms with E-state index in [2.05, 4.69) is 15.6 Å². The van der Waals surface area contributed by atoms with Crippen molar-refractivity contribution in [3.8, 4) is 0 Å². The third kappa shape index (κ3) is 4.30. The van der Waals surface area contributed by atoms with Gasteiger partial charge >= 0.3 is 6.03 Å². The van der Waals surface area contributed by atoms with Crippen molar-refractivity contribution >= 4 is 41.2 Å². The Bertz CT molecular complexity index is 915. The van der Waals surface area contributed by atoms with Gasteiger partial charge in [0.2, 0.25) is 11.8 Å². The molecule has 10 heteroatoms. The summed E-state index contributed by atoms with van der Waals surface area (Å²) in [4.78, 5) is 57.7. The molecule has 9 nitrogen and oxygen atoms in total. The fourth-order valence-electron chi connectivity index (χ4n) is 4.94. The van der Waals surface area contributed by atoms with E-state index in [1.807, 2.05) is 6.92 Å². The number of nitrogens with zero attached hydrogens (tertiary/aromatic N) is 3. The fraction of sp³-hybridized carbons (Fsp3) is 0.591. The molecular weight excluding hydrogens is 434 g/mol. The molecule has 1 aromatic heterocycles. The van der Waals surface area contributed by atoms with E-state index < -0.39 is 11.6 Å². The van der Waals surface area contributed by atoms with Gasteiger partial charge < -0.3 is 15.5 Å². The third-order valence-electron chi connectivity index (χ3n) is 6.99. The summed E-state index contributed by atoms with van der Waals surface area (Å²) in [6, 6.07) is 2.80. The third-order valence-corrected chi connectivity index (χ3v) is 7.22. The Kier molecular flexibility index (Phi) is 6.37. The lowest BCUT2D eigenvalue weighted by Crippen LogP contribution is -2.54. The lowest BCUT2D eigenvalue weighted by Gasteiger charge is -2.37. The summed E-state index contributed by atoms with van der Waals surface area (Å²) in [6.07, 6.45) is 5.91. The maximum atomic E-state index is 13.1. The molecule has 2 saturated heterocycles. The van der Waals surface area contributed by atoms with Crippen molar-refractivity contribution in [1.82, 2.24) is 20.1 Å². The van der Waals surface area contributed by atoms with Crippen LogP contribution in [0.4, 0.5) is 10.6 Å². The molecule has 3 fully saturated rings. The second-order valence-corrected chi connectivity index (χ2v) is 9.38. The Labute approximate surface area is 191 Å². The minimum Gasteiger partial charge on any atom is -0.341 e. The van der Waals surface area contributed by atoms with Crippen LogP contribution >= 0.6 is 11.6 Å². The smallest absolute Gasteiger partial charge is 0.325 e. The van der Waals surface area contributed by atoms with Gasteiger partial charge in [-0.05, 0) is 43.7 Å². The molecule has 1 saturated carbocycles. The van der Waals surface area contributed by atoms with Gasteiger partial charge in [-0.25, -0.2) is 9.78 Å². The van der Waals surface area contributed by atoms with E-state index >= 15 is 0 Å². The van der Waals surface area contributed by atoms with Crippen molar-refractivity contribution < 1.29 is 19.2 Å². The van der Waals surface area contributed by atoms with Crippen molar-refractivity contribution in [2.75, 3.05) is 25.0 Å². The quantitative estimate of drug-likeness (QED) is 0.669. The molecule has 3 aliphatic rings. The number of piperidine rings is 1. The van der Waals surface area contributed by atoms with Crippen molar-refractivity contribution in [3.63, 3.8) is 0 Å². The summed E-state index contributed by atoms with van der Waals surface area (Å²) in [6.45, 7) is 2.52. The number of urea groups is 1. The van der Waals surface area contributed by atoms with Gasteiger partial charge in [-0.15, -0.1) is 0 Å². The molecule has 2 aliphatic heterocycles. The topological polar surface area (TPSA) is 112 Å². The molecule has 2 N–H and O–H groups in total. The second kappa shape index (κ2) is 9.05. The Hall–Kier alpha value is -2.68. The van der Waals surface area contributed by atoms with Gasteiger partial charge in [0.1, 0.15) is 17.9 Å². The van der Waals surface area contributed by atoms with Crippen LogP contribution in [0.2, 0.25) is 5.02 Å². The number of hydrogen-bond donors (Lipinski definition) is 2. The van der Waals surface area contributed by atoms with Crippen molar-refractivity contribution in [1.29, 1.82) is 0 Å². The molecule has 0 radical (unpaired) electrons. The predicted octanol–water partition coefficient (Wildman–Crippen LogP) is 2.41. The minimum atomic E-state index is -0.865.